The molecule has 1 aromatic rings. The van der Waals surface area contributed by atoms with E-state index in [9.17, 15) is 9.90 Å². The largest absolute Gasteiger partial charge is 1.00 e. The average molecular weight is 216 g/mol. The first kappa shape index (κ1) is 14.3. The first-order valence-corrected chi connectivity index (χ1v) is 4.40. The minimum absolute atomic E-state index is 0. The standard InChI is InChI=1S/C11H14O2.K/c1-8(2)7-9-3-5-10(6-4-9)11(12)13;/h3-6,8H,7H2,1-2H3,(H,12,13);/q;+1/p-1. The molecule has 3 heteroatoms. The molecule has 0 aliphatic carbocycles. The predicted molar refractivity (Wildman–Crippen MR) is 49.3 cm³/mol. The van der Waals surface area contributed by atoms with Crippen LogP contribution in [0, 0.1) is 5.92 Å². The van der Waals surface area contributed by atoms with Crippen molar-refractivity contribution in [2.45, 2.75) is 20.3 Å². The summed E-state index contributed by atoms with van der Waals surface area (Å²) in [4.78, 5) is 10.4. The smallest absolute Gasteiger partial charge is 0.545 e. The first-order valence-electron chi connectivity index (χ1n) is 4.40. The fourth-order valence-corrected chi connectivity index (χ4v) is 1.25. The third-order valence-corrected chi connectivity index (χ3v) is 1.83. The fraction of sp³-hybridized carbons (Fsp3) is 0.364. The van der Waals surface area contributed by atoms with E-state index < -0.39 is 5.97 Å². The summed E-state index contributed by atoms with van der Waals surface area (Å²) >= 11 is 0. The van der Waals surface area contributed by atoms with Gasteiger partial charge in [-0.2, -0.15) is 0 Å². The summed E-state index contributed by atoms with van der Waals surface area (Å²) in [6.07, 6.45) is 0.979. The van der Waals surface area contributed by atoms with Crippen LogP contribution in [0.5, 0.6) is 0 Å². The van der Waals surface area contributed by atoms with E-state index in [1.807, 2.05) is 12.1 Å². The van der Waals surface area contributed by atoms with E-state index >= 15 is 0 Å². The molecular formula is C11H13KO2. The van der Waals surface area contributed by atoms with Crippen LogP contribution >= 0.6 is 0 Å². The van der Waals surface area contributed by atoms with Gasteiger partial charge in [0.15, 0.2) is 0 Å². The van der Waals surface area contributed by atoms with Crippen molar-refractivity contribution in [3.05, 3.63) is 35.4 Å². The quantitative estimate of drug-likeness (QED) is 0.562. The number of aromatic carboxylic acids is 1. The molecule has 0 fully saturated rings. The first-order chi connectivity index (χ1) is 6.09. The molecule has 0 saturated heterocycles. The van der Waals surface area contributed by atoms with Crippen LogP contribution in [0.15, 0.2) is 24.3 Å². The number of hydrogen-bond acceptors (Lipinski definition) is 2. The Morgan fingerprint density at radius 2 is 1.79 bits per heavy atom. The minimum atomic E-state index is -1.11. The summed E-state index contributed by atoms with van der Waals surface area (Å²) in [6, 6.07) is 6.86. The SMILES string of the molecule is CC(C)Cc1ccc(C(=O)[O-])cc1.[K+]. The van der Waals surface area contributed by atoms with Gasteiger partial charge in [0.2, 0.25) is 0 Å². The van der Waals surface area contributed by atoms with Gasteiger partial charge >= 0.3 is 51.4 Å². The van der Waals surface area contributed by atoms with Gasteiger partial charge in [0.25, 0.3) is 0 Å². The van der Waals surface area contributed by atoms with Gasteiger partial charge < -0.3 is 9.90 Å². The number of carboxylic acid groups (broad SMARTS) is 1. The number of rotatable bonds is 3. The molecule has 0 amide bonds. The second kappa shape index (κ2) is 6.74. The normalized spacial score (nSPS) is 9.64. The summed E-state index contributed by atoms with van der Waals surface area (Å²) in [7, 11) is 0. The van der Waals surface area contributed by atoms with Gasteiger partial charge in [0.1, 0.15) is 0 Å². The molecule has 70 valence electrons. The van der Waals surface area contributed by atoms with Crippen LogP contribution in [0.3, 0.4) is 0 Å². The van der Waals surface area contributed by atoms with Crippen molar-refractivity contribution in [2.24, 2.45) is 5.92 Å². The van der Waals surface area contributed by atoms with E-state index in [0.29, 0.717) is 5.92 Å². The van der Waals surface area contributed by atoms with Gasteiger partial charge in [-0.1, -0.05) is 38.1 Å². The van der Waals surface area contributed by atoms with E-state index in [1.54, 1.807) is 12.1 Å². The molecule has 0 aliphatic heterocycles. The van der Waals surface area contributed by atoms with Crippen molar-refractivity contribution in [2.75, 3.05) is 0 Å². The maximum Gasteiger partial charge on any atom is 1.00 e. The van der Waals surface area contributed by atoms with Crippen LogP contribution in [0.25, 0.3) is 0 Å². The molecule has 1 rings (SSSR count). The van der Waals surface area contributed by atoms with Gasteiger partial charge in [-0.15, -0.1) is 0 Å². The number of benzene rings is 1. The Hall–Kier alpha value is 0.326. The van der Waals surface area contributed by atoms with Crippen molar-refractivity contribution in [1.29, 1.82) is 0 Å². The number of carbonyl (C=O) groups is 1. The van der Waals surface area contributed by atoms with Crippen LogP contribution in [0.4, 0.5) is 0 Å². The molecule has 0 atom stereocenters. The van der Waals surface area contributed by atoms with Crippen molar-refractivity contribution in [1.82, 2.24) is 0 Å². The molecule has 0 unspecified atom stereocenters. The van der Waals surface area contributed by atoms with E-state index in [4.69, 9.17) is 0 Å². The molecule has 0 saturated carbocycles. The summed E-state index contributed by atoms with van der Waals surface area (Å²) in [5.74, 6) is -0.523. The van der Waals surface area contributed by atoms with E-state index in [2.05, 4.69) is 13.8 Å². The van der Waals surface area contributed by atoms with Crippen LogP contribution < -0.4 is 56.5 Å². The molecule has 14 heavy (non-hydrogen) atoms. The number of hydrogen-bond donors (Lipinski definition) is 0. The molecule has 0 aliphatic rings. The third kappa shape index (κ3) is 4.71. The molecular weight excluding hydrogens is 203 g/mol. The maximum absolute atomic E-state index is 10.4. The average Bonchev–Trinajstić information content (AvgIpc) is 2.04. The molecule has 2 nitrogen and oxygen atoms in total. The number of carbonyl (C=O) groups excluding carboxylic acids is 1. The monoisotopic (exact) mass is 216 g/mol. The summed E-state index contributed by atoms with van der Waals surface area (Å²) in [6.45, 7) is 4.26. The van der Waals surface area contributed by atoms with Gasteiger partial charge in [0, 0.05) is 0 Å². The minimum Gasteiger partial charge on any atom is -0.545 e. The summed E-state index contributed by atoms with van der Waals surface area (Å²) in [5.41, 5.74) is 1.41. The van der Waals surface area contributed by atoms with Gasteiger partial charge in [0.05, 0.1) is 5.97 Å². The Morgan fingerprint density at radius 3 is 2.14 bits per heavy atom. The van der Waals surface area contributed by atoms with Crippen molar-refractivity contribution < 1.29 is 61.3 Å². The molecule has 0 spiro atoms. The number of carboxylic acids is 1. The fourth-order valence-electron chi connectivity index (χ4n) is 1.25. The predicted octanol–water partition coefficient (Wildman–Crippen LogP) is -1.75. The Bertz CT molecular complexity index is 291. The Morgan fingerprint density at radius 1 is 1.29 bits per heavy atom. The third-order valence-electron chi connectivity index (χ3n) is 1.83. The van der Waals surface area contributed by atoms with Crippen molar-refractivity contribution >= 4 is 5.97 Å². The Kier molecular flexibility index (Phi) is 6.90. The molecule has 0 bridgehead atoms. The second-order valence-electron chi connectivity index (χ2n) is 3.58. The molecule has 0 radical (unpaired) electrons. The van der Waals surface area contributed by atoms with Crippen LogP contribution in [0.1, 0.15) is 29.8 Å². The molecule has 0 N–H and O–H groups in total. The Balaban J connectivity index is 0.00000169. The van der Waals surface area contributed by atoms with Crippen molar-refractivity contribution in [3.8, 4) is 0 Å². The van der Waals surface area contributed by atoms with E-state index in [0.717, 1.165) is 6.42 Å². The van der Waals surface area contributed by atoms with E-state index in [-0.39, 0.29) is 56.9 Å². The van der Waals surface area contributed by atoms with Gasteiger partial charge in [-0.3, -0.25) is 0 Å². The molecule has 0 heterocycles. The van der Waals surface area contributed by atoms with Gasteiger partial charge in [-0.05, 0) is 23.5 Å². The van der Waals surface area contributed by atoms with Crippen LogP contribution in [-0.4, -0.2) is 5.97 Å². The van der Waals surface area contributed by atoms with E-state index in [1.165, 1.54) is 5.56 Å². The zero-order chi connectivity index (χ0) is 9.84. The maximum atomic E-state index is 10.4. The summed E-state index contributed by atoms with van der Waals surface area (Å²) in [5, 5.41) is 10.4. The molecule has 0 aromatic heterocycles. The van der Waals surface area contributed by atoms with Crippen molar-refractivity contribution in [3.63, 3.8) is 0 Å². The zero-order valence-corrected chi connectivity index (χ0v) is 12.0. The molecule has 1 aromatic carbocycles. The van der Waals surface area contributed by atoms with Crippen LogP contribution in [-0.2, 0) is 6.42 Å². The Labute approximate surface area is 127 Å². The second-order valence-corrected chi connectivity index (χ2v) is 3.58. The zero-order valence-electron chi connectivity index (χ0n) is 8.91. The van der Waals surface area contributed by atoms with Crippen LogP contribution in [0.2, 0.25) is 0 Å². The topological polar surface area (TPSA) is 40.1 Å². The summed E-state index contributed by atoms with van der Waals surface area (Å²) < 4.78 is 0. The van der Waals surface area contributed by atoms with Gasteiger partial charge in [-0.25, -0.2) is 0 Å².